The minimum Gasteiger partial charge on any atom is -0.296 e. The first-order valence-corrected chi connectivity index (χ1v) is 10.8. The zero-order chi connectivity index (χ0) is 18.0. The number of hydrogen-bond acceptors (Lipinski definition) is 7. The molecule has 2 N–H and O–H groups in total. The minimum atomic E-state index is -3.51. The number of thiophene rings is 1. The molecule has 0 saturated carbocycles. The van der Waals surface area contributed by atoms with Crippen LogP contribution >= 0.6 is 34.3 Å². The Kier molecular flexibility index (Phi) is 5.04. The second-order valence-corrected chi connectivity index (χ2v) is 8.86. The van der Waals surface area contributed by atoms with Crippen molar-refractivity contribution in [1.29, 1.82) is 0 Å². The molecule has 0 saturated heterocycles. The van der Waals surface area contributed by atoms with Gasteiger partial charge in [0.15, 0.2) is 0 Å². The SMILES string of the molecule is CS(=O)(=O)Nc1cc(C(=O)Nc2nnc(-c3ccsc3)s2)ccc1Cl. The average molecular weight is 415 g/mol. The highest BCUT2D eigenvalue weighted by molar-refractivity contribution is 7.92. The Morgan fingerprint density at radius 3 is 2.72 bits per heavy atom. The van der Waals surface area contributed by atoms with Crippen LogP contribution in [-0.2, 0) is 10.0 Å². The first kappa shape index (κ1) is 17.8. The molecule has 0 spiro atoms. The third kappa shape index (κ3) is 4.54. The van der Waals surface area contributed by atoms with Crippen molar-refractivity contribution in [3.63, 3.8) is 0 Å². The molecule has 130 valence electrons. The molecule has 0 fully saturated rings. The van der Waals surface area contributed by atoms with E-state index in [-0.39, 0.29) is 16.3 Å². The van der Waals surface area contributed by atoms with Crippen molar-refractivity contribution < 1.29 is 13.2 Å². The van der Waals surface area contributed by atoms with Gasteiger partial charge in [0.1, 0.15) is 5.01 Å². The molecule has 1 aromatic carbocycles. The summed E-state index contributed by atoms with van der Waals surface area (Å²) in [6.07, 6.45) is 1.00. The fourth-order valence-corrected chi connectivity index (χ4v) is 4.13. The van der Waals surface area contributed by atoms with Gasteiger partial charge in [-0.1, -0.05) is 22.9 Å². The quantitative estimate of drug-likeness (QED) is 0.664. The lowest BCUT2D eigenvalue weighted by Crippen LogP contribution is -2.14. The fourth-order valence-electron chi connectivity index (χ4n) is 1.89. The highest BCUT2D eigenvalue weighted by Crippen LogP contribution is 2.29. The van der Waals surface area contributed by atoms with Gasteiger partial charge in [-0.3, -0.25) is 14.8 Å². The first-order valence-electron chi connectivity index (χ1n) is 6.76. The van der Waals surface area contributed by atoms with Crippen LogP contribution in [0, 0.1) is 0 Å². The van der Waals surface area contributed by atoms with E-state index in [9.17, 15) is 13.2 Å². The Morgan fingerprint density at radius 1 is 1.24 bits per heavy atom. The summed E-state index contributed by atoms with van der Waals surface area (Å²) in [5.41, 5.74) is 1.31. The third-order valence-electron chi connectivity index (χ3n) is 2.94. The summed E-state index contributed by atoms with van der Waals surface area (Å²) in [5, 5.41) is 15.7. The van der Waals surface area contributed by atoms with Crippen LogP contribution in [0.3, 0.4) is 0 Å². The standard InChI is InChI=1S/C14H11ClN4O3S3/c1-25(21,22)19-11-6-8(2-3-10(11)15)12(20)16-14-18-17-13(24-14)9-4-5-23-7-9/h2-7,19H,1H3,(H,16,18,20). The Labute approximate surface area is 156 Å². The van der Waals surface area contributed by atoms with Crippen LogP contribution in [0.4, 0.5) is 10.8 Å². The molecular weight excluding hydrogens is 404 g/mol. The summed E-state index contributed by atoms with van der Waals surface area (Å²) in [5.74, 6) is -0.443. The summed E-state index contributed by atoms with van der Waals surface area (Å²) in [6, 6.07) is 6.21. The van der Waals surface area contributed by atoms with Gasteiger partial charge < -0.3 is 0 Å². The van der Waals surface area contributed by atoms with E-state index in [0.29, 0.717) is 10.1 Å². The number of carbonyl (C=O) groups is 1. The second-order valence-electron chi connectivity index (χ2n) is 4.95. The number of sulfonamides is 1. The van der Waals surface area contributed by atoms with E-state index < -0.39 is 15.9 Å². The average Bonchev–Trinajstić information content (AvgIpc) is 3.18. The molecular formula is C14H11ClN4O3S3. The van der Waals surface area contributed by atoms with Crippen molar-refractivity contribution in [1.82, 2.24) is 10.2 Å². The van der Waals surface area contributed by atoms with Crippen LogP contribution in [0.5, 0.6) is 0 Å². The van der Waals surface area contributed by atoms with E-state index in [1.807, 2.05) is 16.8 Å². The van der Waals surface area contributed by atoms with Crippen LogP contribution < -0.4 is 10.0 Å². The topological polar surface area (TPSA) is 101 Å². The van der Waals surface area contributed by atoms with Gasteiger partial charge in [0.25, 0.3) is 5.91 Å². The molecule has 2 aromatic heterocycles. The number of hydrogen-bond donors (Lipinski definition) is 2. The van der Waals surface area contributed by atoms with Gasteiger partial charge in [0, 0.05) is 16.5 Å². The largest absolute Gasteiger partial charge is 0.296 e. The summed E-state index contributed by atoms with van der Waals surface area (Å²) >= 11 is 8.74. The van der Waals surface area contributed by atoms with Crippen LogP contribution in [0.2, 0.25) is 5.02 Å². The molecule has 0 unspecified atom stereocenters. The second kappa shape index (κ2) is 7.08. The number of rotatable bonds is 5. The van der Waals surface area contributed by atoms with Crippen LogP contribution in [-0.4, -0.2) is 30.8 Å². The van der Waals surface area contributed by atoms with E-state index in [2.05, 4.69) is 20.2 Å². The van der Waals surface area contributed by atoms with Crippen molar-refractivity contribution in [2.45, 2.75) is 0 Å². The van der Waals surface area contributed by atoms with E-state index >= 15 is 0 Å². The van der Waals surface area contributed by atoms with E-state index in [1.165, 1.54) is 29.5 Å². The molecule has 2 heterocycles. The maximum atomic E-state index is 12.3. The van der Waals surface area contributed by atoms with Gasteiger partial charge in [0.05, 0.1) is 17.0 Å². The predicted octanol–water partition coefficient (Wildman–Crippen LogP) is 3.54. The van der Waals surface area contributed by atoms with E-state index in [1.54, 1.807) is 11.3 Å². The van der Waals surface area contributed by atoms with Gasteiger partial charge >= 0.3 is 0 Å². The lowest BCUT2D eigenvalue weighted by Gasteiger charge is -2.08. The van der Waals surface area contributed by atoms with Crippen LogP contribution in [0.25, 0.3) is 10.6 Å². The third-order valence-corrected chi connectivity index (χ3v) is 5.43. The van der Waals surface area contributed by atoms with Crippen LogP contribution in [0.15, 0.2) is 35.0 Å². The maximum absolute atomic E-state index is 12.3. The van der Waals surface area contributed by atoms with Gasteiger partial charge in [-0.15, -0.1) is 10.2 Å². The molecule has 3 rings (SSSR count). The summed E-state index contributed by atoms with van der Waals surface area (Å²) in [6.45, 7) is 0. The normalized spacial score (nSPS) is 11.3. The van der Waals surface area contributed by atoms with Crippen molar-refractivity contribution in [2.75, 3.05) is 16.3 Å². The smallest absolute Gasteiger partial charge is 0.257 e. The van der Waals surface area contributed by atoms with Gasteiger partial charge in [0.2, 0.25) is 15.2 Å². The Balaban J connectivity index is 1.78. The molecule has 11 heteroatoms. The number of amides is 1. The highest BCUT2D eigenvalue weighted by Gasteiger charge is 2.14. The van der Waals surface area contributed by atoms with Crippen molar-refractivity contribution in [3.8, 4) is 10.6 Å². The Morgan fingerprint density at radius 2 is 2.04 bits per heavy atom. The molecule has 0 aliphatic heterocycles. The summed E-state index contributed by atoms with van der Waals surface area (Å²) in [4.78, 5) is 12.3. The summed E-state index contributed by atoms with van der Waals surface area (Å²) < 4.78 is 25.0. The maximum Gasteiger partial charge on any atom is 0.257 e. The lowest BCUT2D eigenvalue weighted by atomic mass is 10.2. The molecule has 0 bridgehead atoms. The number of halogens is 1. The number of aromatic nitrogens is 2. The number of nitrogens with one attached hydrogen (secondary N) is 2. The fraction of sp³-hybridized carbons (Fsp3) is 0.0714. The minimum absolute atomic E-state index is 0.132. The number of nitrogens with zero attached hydrogens (tertiary/aromatic N) is 2. The number of anilines is 2. The Bertz CT molecular complexity index is 1020. The number of benzene rings is 1. The van der Waals surface area contributed by atoms with Crippen LogP contribution in [0.1, 0.15) is 10.4 Å². The lowest BCUT2D eigenvalue weighted by molar-refractivity contribution is 0.102. The van der Waals surface area contributed by atoms with Gasteiger partial charge in [-0.2, -0.15) is 11.3 Å². The molecule has 0 atom stereocenters. The number of carbonyl (C=O) groups excluding carboxylic acids is 1. The molecule has 3 aromatic rings. The first-order chi connectivity index (χ1) is 11.8. The molecule has 25 heavy (non-hydrogen) atoms. The zero-order valence-corrected chi connectivity index (χ0v) is 15.9. The molecule has 0 aliphatic carbocycles. The molecule has 0 radical (unpaired) electrons. The predicted molar refractivity (Wildman–Crippen MR) is 101 cm³/mol. The highest BCUT2D eigenvalue weighted by atomic mass is 35.5. The zero-order valence-electron chi connectivity index (χ0n) is 12.7. The van der Waals surface area contributed by atoms with E-state index in [4.69, 9.17) is 11.6 Å². The van der Waals surface area contributed by atoms with Crippen molar-refractivity contribution in [3.05, 3.63) is 45.6 Å². The monoisotopic (exact) mass is 414 g/mol. The van der Waals surface area contributed by atoms with E-state index in [0.717, 1.165) is 11.8 Å². The molecule has 1 amide bonds. The molecule has 0 aliphatic rings. The molecule has 7 nitrogen and oxygen atoms in total. The summed E-state index contributed by atoms with van der Waals surface area (Å²) in [7, 11) is -3.51. The van der Waals surface area contributed by atoms with Crippen molar-refractivity contribution >= 4 is 61.0 Å². The van der Waals surface area contributed by atoms with Gasteiger partial charge in [-0.25, -0.2) is 8.42 Å². The van der Waals surface area contributed by atoms with Gasteiger partial charge in [-0.05, 0) is 29.6 Å². The Hall–Kier alpha value is -2.01. The van der Waals surface area contributed by atoms with Crippen molar-refractivity contribution in [2.24, 2.45) is 0 Å².